The number of hydrogen-bond donors (Lipinski definition) is 2. The number of hydrogen-bond acceptors (Lipinski definition) is 3. The lowest BCUT2D eigenvalue weighted by atomic mass is 9.95. The highest BCUT2D eigenvalue weighted by atomic mass is 32.2. The number of rotatable bonds is 4. The fourth-order valence-electron chi connectivity index (χ4n) is 3.26. The Morgan fingerprint density at radius 3 is 2.46 bits per heavy atom. The fraction of sp³-hybridized carbons (Fsp3) is 0.353. The summed E-state index contributed by atoms with van der Waals surface area (Å²) in [6, 6.07) is 7.47. The Kier molecular flexibility index (Phi) is 4.23. The van der Waals surface area contributed by atoms with E-state index in [-0.39, 0.29) is 16.5 Å². The number of sulfonamides is 1. The molecule has 0 radical (unpaired) electrons. The van der Waals surface area contributed by atoms with Crippen LogP contribution in [0.2, 0.25) is 0 Å². The Morgan fingerprint density at radius 2 is 1.88 bits per heavy atom. The summed E-state index contributed by atoms with van der Waals surface area (Å²) in [6.07, 6.45) is 2.00. The third-order valence-electron chi connectivity index (χ3n) is 4.39. The highest BCUT2D eigenvalue weighted by Crippen LogP contribution is 2.32. The normalized spacial score (nSPS) is 18.8. The standard InChI is InChI=1S/C17H20N2O4S/c1-11-5-12(2)7-14(6-11)13-3-4-19(10-13)24(22,23)15-8-16(17(20)21)18-9-15/h5-9,13,18H,3-4,10H2,1-2H3,(H,20,21). The van der Waals surface area contributed by atoms with Crippen molar-refractivity contribution in [2.75, 3.05) is 13.1 Å². The van der Waals surface area contributed by atoms with Gasteiger partial charge >= 0.3 is 5.97 Å². The van der Waals surface area contributed by atoms with Crippen LogP contribution in [-0.4, -0.2) is 41.9 Å². The molecule has 24 heavy (non-hydrogen) atoms. The van der Waals surface area contributed by atoms with E-state index in [2.05, 4.69) is 23.2 Å². The summed E-state index contributed by atoms with van der Waals surface area (Å²) < 4.78 is 26.8. The quantitative estimate of drug-likeness (QED) is 0.888. The Bertz CT molecular complexity index is 865. The molecule has 0 spiro atoms. The Labute approximate surface area is 141 Å². The first-order chi connectivity index (χ1) is 11.3. The number of benzene rings is 1. The van der Waals surface area contributed by atoms with E-state index in [9.17, 15) is 13.2 Å². The fourth-order valence-corrected chi connectivity index (χ4v) is 4.75. The molecule has 1 aliphatic rings. The smallest absolute Gasteiger partial charge is 0.352 e. The van der Waals surface area contributed by atoms with Gasteiger partial charge in [-0.2, -0.15) is 4.31 Å². The van der Waals surface area contributed by atoms with Crippen LogP contribution in [0.5, 0.6) is 0 Å². The van der Waals surface area contributed by atoms with Gasteiger partial charge < -0.3 is 10.1 Å². The summed E-state index contributed by atoms with van der Waals surface area (Å²) in [4.78, 5) is 13.4. The van der Waals surface area contributed by atoms with Crippen LogP contribution < -0.4 is 0 Å². The molecule has 1 aromatic carbocycles. The lowest BCUT2D eigenvalue weighted by molar-refractivity contribution is 0.0691. The van der Waals surface area contributed by atoms with E-state index in [1.807, 2.05) is 13.8 Å². The molecular weight excluding hydrogens is 328 g/mol. The molecule has 3 rings (SSSR count). The minimum absolute atomic E-state index is 0.000901. The zero-order valence-electron chi connectivity index (χ0n) is 13.6. The summed E-state index contributed by atoms with van der Waals surface area (Å²) in [5, 5.41) is 8.93. The van der Waals surface area contributed by atoms with Crippen LogP contribution in [0.3, 0.4) is 0 Å². The number of aromatic amines is 1. The van der Waals surface area contributed by atoms with Crippen molar-refractivity contribution in [1.29, 1.82) is 0 Å². The van der Waals surface area contributed by atoms with Crippen molar-refractivity contribution in [1.82, 2.24) is 9.29 Å². The average molecular weight is 348 g/mol. The predicted octanol–water partition coefficient (Wildman–Crippen LogP) is 2.51. The topological polar surface area (TPSA) is 90.5 Å². The van der Waals surface area contributed by atoms with E-state index in [1.165, 1.54) is 27.7 Å². The summed E-state index contributed by atoms with van der Waals surface area (Å²) in [7, 11) is -3.67. The second kappa shape index (κ2) is 6.07. The Morgan fingerprint density at radius 1 is 1.21 bits per heavy atom. The highest BCUT2D eigenvalue weighted by molar-refractivity contribution is 7.89. The Balaban J connectivity index is 1.82. The number of carboxylic acids is 1. The first-order valence-electron chi connectivity index (χ1n) is 7.77. The molecule has 1 aromatic heterocycles. The SMILES string of the molecule is Cc1cc(C)cc(C2CCN(S(=O)(=O)c3c[nH]c(C(=O)O)c3)C2)c1. The molecule has 7 heteroatoms. The Hall–Kier alpha value is -2.12. The molecule has 128 valence electrons. The van der Waals surface area contributed by atoms with E-state index in [1.54, 1.807) is 0 Å². The van der Waals surface area contributed by atoms with Gasteiger partial charge in [0, 0.05) is 19.3 Å². The number of aromatic carboxylic acids is 1. The van der Waals surface area contributed by atoms with Gasteiger partial charge in [0.15, 0.2) is 0 Å². The number of H-pyrrole nitrogens is 1. The van der Waals surface area contributed by atoms with Gasteiger partial charge in [0.1, 0.15) is 10.6 Å². The molecule has 1 atom stereocenters. The second-order valence-corrected chi connectivity index (χ2v) is 8.26. The predicted molar refractivity (Wildman–Crippen MR) is 89.8 cm³/mol. The van der Waals surface area contributed by atoms with Crippen LogP contribution in [0.25, 0.3) is 0 Å². The highest BCUT2D eigenvalue weighted by Gasteiger charge is 2.34. The molecule has 1 unspecified atom stereocenters. The van der Waals surface area contributed by atoms with Crippen molar-refractivity contribution in [2.24, 2.45) is 0 Å². The molecule has 1 saturated heterocycles. The molecule has 2 aromatic rings. The molecule has 0 amide bonds. The first-order valence-corrected chi connectivity index (χ1v) is 9.21. The molecule has 2 heterocycles. The third-order valence-corrected chi connectivity index (χ3v) is 6.23. The molecule has 2 N–H and O–H groups in total. The summed E-state index contributed by atoms with van der Waals surface area (Å²) in [6.45, 7) is 4.92. The van der Waals surface area contributed by atoms with Crippen molar-refractivity contribution in [2.45, 2.75) is 31.1 Å². The summed E-state index contributed by atoms with van der Waals surface area (Å²) in [5.41, 5.74) is 3.37. The van der Waals surface area contributed by atoms with Gasteiger partial charge in [0.05, 0.1) is 0 Å². The van der Waals surface area contributed by atoms with Gasteiger partial charge in [-0.1, -0.05) is 29.3 Å². The number of aromatic nitrogens is 1. The van der Waals surface area contributed by atoms with Gasteiger partial charge in [-0.15, -0.1) is 0 Å². The van der Waals surface area contributed by atoms with Gasteiger partial charge in [0.2, 0.25) is 10.0 Å². The van der Waals surface area contributed by atoms with E-state index in [0.29, 0.717) is 13.1 Å². The third kappa shape index (κ3) is 3.09. The van der Waals surface area contributed by atoms with Crippen molar-refractivity contribution in [3.05, 3.63) is 52.8 Å². The van der Waals surface area contributed by atoms with Gasteiger partial charge in [-0.25, -0.2) is 13.2 Å². The van der Waals surface area contributed by atoms with Gasteiger partial charge in [-0.05, 0) is 37.8 Å². The maximum atomic E-state index is 12.7. The van der Waals surface area contributed by atoms with Crippen LogP contribution in [0.4, 0.5) is 0 Å². The van der Waals surface area contributed by atoms with Crippen molar-refractivity contribution < 1.29 is 18.3 Å². The molecule has 1 fully saturated rings. The maximum Gasteiger partial charge on any atom is 0.352 e. The van der Waals surface area contributed by atoms with E-state index < -0.39 is 16.0 Å². The zero-order chi connectivity index (χ0) is 17.5. The van der Waals surface area contributed by atoms with Gasteiger partial charge in [-0.3, -0.25) is 0 Å². The van der Waals surface area contributed by atoms with Gasteiger partial charge in [0.25, 0.3) is 0 Å². The van der Waals surface area contributed by atoms with Crippen molar-refractivity contribution in [3.63, 3.8) is 0 Å². The van der Waals surface area contributed by atoms with Crippen molar-refractivity contribution >= 4 is 16.0 Å². The molecule has 0 bridgehead atoms. The molecule has 1 aliphatic heterocycles. The largest absolute Gasteiger partial charge is 0.477 e. The van der Waals surface area contributed by atoms with Crippen molar-refractivity contribution in [3.8, 4) is 0 Å². The maximum absolute atomic E-state index is 12.7. The average Bonchev–Trinajstić information content (AvgIpc) is 3.16. The molecule has 0 aliphatic carbocycles. The number of nitrogens with one attached hydrogen (secondary N) is 1. The van der Waals surface area contributed by atoms with Crippen LogP contribution in [-0.2, 0) is 10.0 Å². The molecular formula is C17H20N2O4S. The zero-order valence-corrected chi connectivity index (χ0v) is 14.4. The lowest BCUT2D eigenvalue weighted by Gasteiger charge is -2.16. The van der Waals surface area contributed by atoms with Crippen LogP contribution in [0.1, 0.15) is 39.5 Å². The summed E-state index contributed by atoms with van der Waals surface area (Å²) in [5.74, 6) is -1.01. The number of carbonyl (C=O) groups is 1. The summed E-state index contributed by atoms with van der Waals surface area (Å²) >= 11 is 0. The monoisotopic (exact) mass is 348 g/mol. The minimum Gasteiger partial charge on any atom is -0.477 e. The molecule has 0 saturated carbocycles. The van der Waals surface area contributed by atoms with Crippen LogP contribution in [0, 0.1) is 13.8 Å². The first kappa shape index (κ1) is 16.7. The lowest BCUT2D eigenvalue weighted by Crippen LogP contribution is -2.28. The number of carboxylic acid groups (broad SMARTS) is 1. The van der Waals surface area contributed by atoms with E-state index in [0.717, 1.165) is 12.0 Å². The van der Waals surface area contributed by atoms with E-state index in [4.69, 9.17) is 5.11 Å². The van der Waals surface area contributed by atoms with Crippen LogP contribution in [0.15, 0.2) is 35.4 Å². The van der Waals surface area contributed by atoms with E-state index >= 15 is 0 Å². The number of aryl methyl sites for hydroxylation is 2. The molecule has 6 nitrogen and oxygen atoms in total. The number of nitrogens with zero attached hydrogens (tertiary/aromatic N) is 1. The minimum atomic E-state index is -3.67. The second-order valence-electron chi connectivity index (χ2n) is 6.32. The van der Waals surface area contributed by atoms with Crippen LogP contribution >= 0.6 is 0 Å².